The van der Waals surface area contributed by atoms with Crippen LogP contribution < -0.4 is 10.8 Å². The van der Waals surface area contributed by atoms with Gasteiger partial charge in [0.15, 0.2) is 0 Å². The Morgan fingerprint density at radius 1 is 1.14 bits per heavy atom. The first kappa shape index (κ1) is 14.6. The monoisotopic (exact) mass is 287 g/mol. The van der Waals surface area contributed by atoms with Crippen LogP contribution in [0.3, 0.4) is 0 Å². The second-order valence-corrected chi connectivity index (χ2v) is 7.07. The minimum absolute atomic E-state index is 0.0350. The first-order chi connectivity index (χ1) is 9.62. The standard InChI is InChI=1S/C16H22BNO3/c1-9-7-12-11(8-13(19)18-12)14(10(9)2)17-20-15(3,4)16(5,6)21-17/h7H,8H2,1-6H3,(H,18,19). The van der Waals surface area contributed by atoms with Crippen molar-refractivity contribution in [3.8, 4) is 0 Å². The fourth-order valence-corrected chi connectivity index (χ4v) is 2.93. The molecule has 4 nitrogen and oxygen atoms in total. The van der Waals surface area contributed by atoms with Gasteiger partial charge in [0.1, 0.15) is 0 Å². The molecular weight excluding hydrogens is 265 g/mol. The Hall–Kier alpha value is -1.33. The van der Waals surface area contributed by atoms with E-state index in [0.29, 0.717) is 6.42 Å². The molecule has 0 bridgehead atoms. The Morgan fingerprint density at radius 3 is 2.29 bits per heavy atom. The maximum Gasteiger partial charge on any atom is 0.495 e. The van der Waals surface area contributed by atoms with Crippen molar-refractivity contribution < 1.29 is 14.1 Å². The third kappa shape index (κ3) is 2.10. The summed E-state index contributed by atoms with van der Waals surface area (Å²) in [7, 11) is -0.420. The Labute approximate surface area is 126 Å². The smallest absolute Gasteiger partial charge is 0.399 e. The van der Waals surface area contributed by atoms with Crippen molar-refractivity contribution in [2.24, 2.45) is 0 Å². The van der Waals surface area contributed by atoms with E-state index >= 15 is 0 Å². The summed E-state index contributed by atoms with van der Waals surface area (Å²) in [4.78, 5) is 11.8. The molecule has 21 heavy (non-hydrogen) atoms. The van der Waals surface area contributed by atoms with Gasteiger partial charge in [-0.3, -0.25) is 4.79 Å². The molecule has 1 saturated heterocycles. The van der Waals surface area contributed by atoms with Crippen molar-refractivity contribution in [3.05, 3.63) is 22.8 Å². The highest BCUT2D eigenvalue weighted by Crippen LogP contribution is 2.38. The van der Waals surface area contributed by atoms with E-state index in [-0.39, 0.29) is 17.1 Å². The number of carbonyl (C=O) groups excluding carboxylic acids is 1. The Morgan fingerprint density at radius 2 is 1.71 bits per heavy atom. The van der Waals surface area contributed by atoms with Gasteiger partial charge in [0.05, 0.1) is 17.6 Å². The Balaban J connectivity index is 2.11. The van der Waals surface area contributed by atoms with E-state index in [9.17, 15) is 4.79 Å². The van der Waals surface area contributed by atoms with Gasteiger partial charge in [0.25, 0.3) is 0 Å². The minimum Gasteiger partial charge on any atom is -0.399 e. The van der Waals surface area contributed by atoms with Gasteiger partial charge in [-0.05, 0) is 69.8 Å². The van der Waals surface area contributed by atoms with E-state index in [0.717, 1.165) is 27.8 Å². The predicted octanol–water partition coefficient (Wildman–Crippen LogP) is 2.10. The average molecular weight is 287 g/mol. The van der Waals surface area contributed by atoms with Gasteiger partial charge in [-0.15, -0.1) is 0 Å². The number of nitrogens with one attached hydrogen (secondary N) is 1. The van der Waals surface area contributed by atoms with Crippen LogP contribution in [0.2, 0.25) is 0 Å². The molecule has 2 aliphatic heterocycles. The molecule has 0 aliphatic carbocycles. The molecule has 1 N–H and O–H groups in total. The highest BCUT2D eigenvalue weighted by atomic mass is 16.7. The SMILES string of the molecule is Cc1cc2c(c(B3OC(C)(C)C(C)(C)O3)c1C)CC(=O)N2. The van der Waals surface area contributed by atoms with Gasteiger partial charge < -0.3 is 14.6 Å². The molecule has 0 spiro atoms. The molecule has 0 unspecified atom stereocenters. The zero-order chi connectivity index (χ0) is 15.6. The quantitative estimate of drug-likeness (QED) is 0.805. The molecule has 1 fully saturated rings. The van der Waals surface area contributed by atoms with Crippen LogP contribution in [0.4, 0.5) is 5.69 Å². The van der Waals surface area contributed by atoms with Crippen LogP contribution in [-0.4, -0.2) is 24.2 Å². The number of aryl methyl sites for hydroxylation is 1. The van der Waals surface area contributed by atoms with Crippen LogP contribution in [0.25, 0.3) is 0 Å². The summed E-state index contributed by atoms with van der Waals surface area (Å²) in [5.74, 6) is 0.0350. The molecule has 1 aromatic carbocycles. The van der Waals surface area contributed by atoms with Crippen molar-refractivity contribution in [2.45, 2.75) is 59.2 Å². The number of hydrogen-bond acceptors (Lipinski definition) is 3. The zero-order valence-electron chi connectivity index (χ0n) is 13.6. The third-order valence-electron chi connectivity index (χ3n) is 5.11. The molecule has 3 rings (SSSR count). The van der Waals surface area contributed by atoms with Crippen molar-refractivity contribution in [2.75, 3.05) is 5.32 Å². The number of fused-ring (bicyclic) bond motifs is 1. The van der Waals surface area contributed by atoms with Gasteiger partial charge in [-0.25, -0.2) is 0 Å². The van der Waals surface area contributed by atoms with Crippen molar-refractivity contribution in [3.63, 3.8) is 0 Å². The summed E-state index contributed by atoms with van der Waals surface area (Å²) in [6.07, 6.45) is 0.399. The van der Waals surface area contributed by atoms with Crippen LogP contribution >= 0.6 is 0 Å². The average Bonchev–Trinajstić information content (AvgIpc) is 2.77. The summed E-state index contributed by atoms with van der Waals surface area (Å²) < 4.78 is 12.4. The summed E-state index contributed by atoms with van der Waals surface area (Å²) in [5.41, 5.74) is 4.45. The minimum atomic E-state index is -0.420. The molecule has 0 saturated carbocycles. The number of anilines is 1. The van der Waals surface area contributed by atoms with Crippen LogP contribution in [-0.2, 0) is 20.5 Å². The van der Waals surface area contributed by atoms with E-state index in [1.165, 1.54) is 0 Å². The van der Waals surface area contributed by atoms with Crippen LogP contribution in [0.15, 0.2) is 6.07 Å². The van der Waals surface area contributed by atoms with E-state index < -0.39 is 7.12 Å². The third-order valence-corrected chi connectivity index (χ3v) is 5.11. The lowest BCUT2D eigenvalue weighted by atomic mass is 9.71. The maximum absolute atomic E-state index is 11.8. The van der Waals surface area contributed by atoms with E-state index in [2.05, 4.69) is 19.2 Å². The van der Waals surface area contributed by atoms with Crippen molar-refractivity contribution >= 4 is 24.2 Å². The van der Waals surface area contributed by atoms with Crippen molar-refractivity contribution in [1.82, 2.24) is 0 Å². The molecule has 0 atom stereocenters. The highest BCUT2D eigenvalue weighted by Gasteiger charge is 2.53. The Kier molecular flexibility index (Phi) is 3.02. The molecule has 112 valence electrons. The van der Waals surface area contributed by atoms with Crippen LogP contribution in [0, 0.1) is 13.8 Å². The highest BCUT2D eigenvalue weighted by molar-refractivity contribution is 6.63. The normalized spacial score (nSPS) is 22.4. The maximum atomic E-state index is 11.8. The van der Waals surface area contributed by atoms with Crippen LogP contribution in [0.1, 0.15) is 44.4 Å². The van der Waals surface area contributed by atoms with E-state index in [1.54, 1.807) is 0 Å². The molecular formula is C16H22BNO3. The Bertz CT molecular complexity index is 621. The first-order valence-corrected chi connectivity index (χ1v) is 7.41. The number of carbonyl (C=O) groups is 1. The molecule has 0 radical (unpaired) electrons. The van der Waals surface area contributed by atoms with E-state index in [1.807, 2.05) is 33.8 Å². The largest absolute Gasteiger partial charge is 0.495 e. The second kappa shape index (κ2) is 4.34. The number of hydrogen-bond donors (Lipinski definition) is 1. The number of amides is 1. The van der Waals surface area contributed by atoms with Crippen LogP contribution in [0.5, 0.6) is 0 Å². The lowest BCUT2D eigenvalue weighted by Gasteiger charge is -2.32. The van der Waals surface area contributed by atoms with Gasteiger partial charge >= 0.3 is 7.12 Å². The molecule has 1 aromatic rings. The molecule has 0 aromatic heterocycles. The first-order valence-electron chi connectivity index (χ1n) is 7.41. The van der Waals surface area contributed by atoms with Crippen molar-refractivity contribution in [1.29, 1.82) is 0 Å². The fourth-order valence-electron chi connectivity index (χ4n) is 2.93. The molecule has 2 aliphatic rings. The van der Waals surface area contributed by atoms with Gasteiger partial charge in [-0.2, -0.15) is 0 Å². The fraction of sp³-hybridized carbons (Fsp3) is 0.562. The summed E-state index contributed by atoms with van der Waals surface area (Å²) in [5, 5.41) is 2.92. The number of benzene rings is 1. The molecule has 2 heterocycles. The van der Waals surface area contributed by atoms with E-state index in [4.69, 9.17) is 9.31 Å². The summed E-state index contributed by atoms with van der Waals surface area (Å²) >= 11 is 0. The zero-order valence-corrected chi connectivity index (χ0v) is 13.6. The summed E-state index contributed by atoms with van der Waals surface area (Å²) in [6, 6.07) is 2.03. The topological polar surface area (TPSA) is 47.6 Å². The number of rotatable bonds is 1. The molecule has 1 amide bonds. The second-order valence-electron chi connectivity index (χ2n) is 7.07. The lowest BCUT2D eigenvalue weighted by Crippen LogP contribution is -2.41. The lowest BCUT2D eigenvalue weighted by molar-refractivity contribution is -0.115. The van der Waals surface area contributed by atoms with Gasteiger partial charge in [0.2, 0.25) is 5.91 Å². The summed E-state index contributed by atoms with van der Waals surface area (Å²) in [6.45, 7) is 12.3. The van der Waals surface area contributed by atoms with Gasteiger partial charge in [-0.1, -0.05) is 0 Å². The molecule has 5 heteroatoms. The predicted molar refractivity (Wildman–Crippen MR) is 84.0 cm³/mol. The van der Waals surface area contributed by atoms with Gasteiger partial charge in [0, 0.05) is 5.69 Å².